The van der Waals surface area contributed by atoms with E-state index in [1.54, 1.807) is 11.8 Å². The lowest BCUT2D eigenvalue weighted by Gasteiger charge is -2.03. The number of amides is 1. The van der Waals surface area contributed by atoms with Crippen LogP contribution >= 0.6 is 11.8 Å². The summed E-state index contributed by atoms with van der Waals surface area (Å²) in [6.45, 7) is 0. The molecule has 4 heteroatoms. The average Bonchev–Trinajstić information content (AvgIpc) is 2.15. The van der Waals surface area contributed by atoms with Crippen molar-refractivity contribution in [3.63, 3.8) is 0 Å². The Labute approximate surface area is 58.4 Å². The van der Waals surface area contributed by atoms with Crippen LogP contribution in [0.2, 0.25) is 0 Å². The van der Waals surface area contributed by atoms with Crippen LogP contribution in [0.25, 0.3) is 0 Å². The van der Waals surface area contributed by atoms with Crippen molar-refractivity contribution < 1.29 is 4.79 Å². The molecule has 0 bridgehead atoms. The molecule has 1 aliphatic heterocycles. The van der Waals surface area contributed by atoms with E-state index in [9.17, 15) is 4.79 Å². The van der Waals surface area contributed by atoms with E-state index in [-0.39, 0.29) is 5.91 Å². The van der Waals surface area contributed by atoms with Gasteiger partial charge < -0.3 is 11.1 Å². The molecule has 0 aromatic carbocycles. The summed E-state index contributed by atoms with van der Waals surface area (Å²) in [6.07, 6.45) is 0.479. The van der Waals surface area contributed by atoms with Gasteiger partial charge in [0.25, 0.3) is 0 Å². The molecule has 0 radical (unpaired) electrons. The van der Waals surface area contributed by atoms with Crippen LogP contribution in [0.4, 0.5) is 0 Å². The van der Waals surface area contributed by atoms with E-state index >= 15 is 0 Å². The van der Waals surface area contributed by atoms with Crippen molar-refractivity contribution >= 4 is 17.7 Å². The molecule has 3 N–H and O–H groups in total. The standard InChI is InChI=1S/C5H10N2OS/c6-5(8)1-4-2-9-3-7-4/h4,7H,1-3H2,(H2,6,8). The Morgan fingerprint density at radius 2 is 2.67 bits per heavy atom. The number of carbonyl (C=O) groups excluding carboxylic acids is 1. The molecular weight excluding hydrogens is 136 g/mol. The first kappa shape index (κ1) is 6.89. The topological polar surface area (TPSA) is 55.1 Å². The molecular formula is C5H10N2OS. The third-order valence-corrected chi connectivity index (χ3v) is 2.25. The first-order valence-corrected chi connectivity index (χ1v) is 4.04. The normalized spacial score (nSPS) is 26.4. The summed E-state index contributed by atoms with van der Waals surface area (Å²) in [5.41, 5.74) is 4.98. The predicted molar refractivity (Wildman–Crippen MR) is 38.1 cm³/mol. The number of nitrogens with one attached hydrogen (secondary N) is 1. The van der Waals surface area contributed by atoms with Gasteiger partial charge in [0.05, 0.1) is 0 Å². The summed E-state index contributed by atoms with van der Waals surface area (Å²) < 4.78 is 0. The lowest BCUT2D eigenvalue weighted by molar-refractivity contribution is -0.118. The van der Waals surface area contributed by atoms with Gasteiger partial charge in [-0.2, -0.15) is 0 Å². The number of thioether (sulfide) groups is 1. The third-order valence-electron chi connectivity index (χ3n) is 1.24. The second-order valence-corrected chi connectivity index (χ2v) is 3.12. The molecule has 1 amide bonds. The summed E-state index contributed by atoms with van der Waals surface area (Å²) in [7, 11) is 0. The van der Waals surface area contributed by atoms with Gasteiger partial charge >= 0.3 is 0 Å². The number of nitrogens with two attached hydrogens (primary N) is 1. The molecule has 0 aliphatic carbocycles. The van der Waals surface area contributed by atoms with Crippen molar-refractivity contribution in [2.45, 2.75) is 12.5 Å². The molecule has 0 saturated carbocycles. The number of hydrogen-bond acceptors (Lipinski definition) is 3. The second-order valence-electron chi connectivity index (χ2n) is 2.09. The van der Waals surface area contributed by atoms with Crippen LogP contribution in [0.15, 0.2) is 0 Å². The summed E-state index contributed by atoms with van der Waals surface area (Å²) >= 11 is 1.81. The highest BCUT2D eigenvalue weighted by molar-refractivity contribution is 7.99. The average molecular weight is 146 g/mol. The lowest BCUT2D eigenvalue weighted by Crippen LogP contribution is -2.29. The minimum absolute atomic E-state index is 0.213. The van der Waals surface area contributed by atoms with E-state index in [2.05, 4.69) is 5.32 Å². The van der Waals surface area contributed by atoms with Gasteiger partial charge in [0.15, 0.2) is 0 Å². The van der Waals surface area contributed by atoms with Gasteiger partial charge in [-0.3, -0.25) is 4.79 Å². The highest BCUT2D eigenvalue weighted by atomic mass is 32.2. The van der Waals surface area contributed by atoms with Gasteiger partial charge in [-0.25, -0.2) is 0 Å². The van der Waals surface area contributed by atoms with Crippen molar-refractivity contribution in [2.75, 3.05) is 11.6 Å². The highest BCUT2D eigenvalue weighted by Gasteiger charge is 2.15. The van der Waals surface area contributed by atoms with Crippen LogP contribution in [0.3, 0.4) is 0 Å². The molecule has 1 heterocycles. The maximum absolute atomic E-state index is 10.3. The largest absolute Gasteiger partial charge is 0.370 e. The summed E-state index contributed by atoms with van der Waals surface area (Å²) in [5, 5.41) is 3.15. The molecule has 1 saturated heterocycles. The first-order chi connectivity index (χ1) is 4.29. The summed E-state index contributed by atoms with van der Waals surface area (Å²) in [4.78, 5) is 10.3. The van der Waals surface area contributed by atoms with Crippen LogP contribution in [-0.4, -0.2) is 23.6 Å². The van der Waals surface area contributed by atoms with E-state index in [0.29, 0.717) is 12.5 Å². The quantitative estimate of drug-likeness (QED) is 0.553. The van der Waals surface area contributed by atoms with Crippen LogP contribution in [0.5, 0.6) is 0 Å². The van der Waals surface area contributed by atoms with E-state index in [0.717, 1.165) is 11.6 Å². The lowest BCUT2D eigenvalue weighted by atomic mass is 10.2. The van der Waals surface area contributed by atoms with E-state index in [4.69, 9.17) is 5.73 Å². The van der Waals surface area contributed by atoms with Crippen molar-refractivity contribution in [1.82, 2.24) is 5.32 Å². The van der Waals surface area contributed by atoms with Gasteiger partial charge in [0.1, 0.15) is 0 Å². The fraction of sp³-hybridized carbons (Fsp3) is 0.800. The number of rotatable bonds is 2. The van der Waals surface area contributed by atoms with Crippen LogP contribution in [0.1, 0.15) is 6.42 Å². The monoisotopic (exact) mass is 146 g/mol. The molecule has 1 unspecified atom stereocenters. The van der Waals surface area contributed by atoms with Gasteiger partial charge in [0, 0.05) is 24.1 Å². The molecule has 3 nitrogen and oxygen atoms in total. The zero-order valence-corrected chi connectivity index (χ0v) is 5.91. The Morgan fingerprint density at radius 1 is 1.89 bits per heavy atom. The van der Waals surface area contributed by atoms with E-state index in [1.807, 2.05) is 0 Å². The van der Waals surface area contributed by atoms with Crippen LogP contribution in [-0.2, 0) is 4.79 Å². The summed E-state index contributed by atoms with van der Waals surface area (Å²) in [6, 6.07) is 0.326. The van der Waals surface area contributed by atoms with Crippen molar-refractivity contribution in [3.8, 4) is 0 Å². The molecule has 1 aliphatic rings. The number of carbonyl (C=O) groups is 1. The molecule has 52 valence electrons. The zero-order valence-electron chi connectivity index (χ0n) is 5.09. The minimum Gasteiger partial charge on any atom is -0.370 e. The van der Waals surface area contributed by atoms with Crippen molar-refractivity contribution in [2.24, 2.45) is 5.73 Å². The summed E-state index contributed by atoms with van der Waals surface area (Å²) in [5.74, 6) is 1.76. The molecule has 1 atom stereocenters. The smallest absolute Gasteiger partial charge is 0.219 e. The maximum Gasteiger partial charge on any atom is 0.219 e. The van der Waals surface area contributed by atoms with Crippen LogP contribution in [0, 0.1) is 0 Å². The SMILES string of the molecule is NC(=O)CC1CSCN1. The van der Waals surface area contributed by atoms with Gasteiger partial charge in [-0.1, -0.05) is 0 Å². The van der Waals surface area contributed by atoms with Crippen molar-refractivity contribution in [1.29, 1.82) is 0 Å². The maximum atomic E-state index is 10.3. The minimum atomic E-state index is -0.213. The van der Waals surface area contributed by atoms with Gasteiger partial charge in [-0.15, -0.1) is 11.8 Å². The Bertz CT molecular complexity index is 112. The van der Waals surface area contributed by atoms with Crippen molar-refractivity contribution in [3.05, 3.63) is 0 Å². The Hall–Kier alpha value is -0.220. The Morgan fingerprint density at radius 3 is 3.11 bits per heavy atom. The molecule has 0 spiro atoms. The molecule has 0 aromatic rings. The highest BCUT2D eigenvalue weighted by Crippen LogP contribution is 2.11. The molecule has 9 heavy (non-hydrogen) atoms. The fourth-order valence-corrected chi connectivity index (χ4v) is 1.80. The molecule has 1 rings (SSSR count). The first-order valence-electron chi connectivity index (χ1n) is 2.88. The predicted octanol–water partition coefficient (Wildman–Crippen LogP) is -0.476. The number of primary amides is 1. The van der Waals surface area contributed by atoms with Crippen LogP contribution < -0.4 is 11.1 Å². The van der Waals surface area contributed by atoms with Gasteiger partial charge in [-0.05, 0) is 0 Å². The molecule has 0 aromatic heterocycles. The fourth-order valence-electron chi connectivity index (χ4n) is 0.811. The zero-order chi connectivity index (χ0) is 6.69. The Balaban J connectivity index is 2.19. The second kappa shape index (κ2) is 3.08. The van der Waals surface area contributed by atoms with E-state index in [1.165, 1.54) is 0 Å². The molecule has 1 fully saturated rings. The van der Waals surface area contributed by atoms with E-state index < -0.39 is 0 Å². The number of hydrogen-bond donors (Lipinski definition) is 2. The third kappa shape index (κ3) is 2.24. The Kier molecular flexibility index (Phi) is 2.36. The van der Waals surface area contributed by atoms with Gasteiger partial charge in [0.2, 0.25) is 5.91 Å².